The van der Waals surface area contributed by atoms with Crippen LogP contribution in [0.2, 0.25) is 0 Å². The molecule has 0 aliphatic rings. The lowest BCUT2D eigenvalue weighted by atomic mass is 10.3. The molecule has 0 amide bonds. The summed E-state index contributed by atoms with van der Waals surface area (Å²) in [7, 11) is -2.61. The van der Waals surface area contributed by atoms with Crippen molar-refractivity contribution in [1.29, 1.82) is 0 Å². The van der Waals surface area contributed by atoms with Crippen molar-refractivity contribution in [2.75, 3.05) is 0 Å². The zero-order valence-corrected chi connectivity index (χ0v) is 12.0. The molecule has 1 nitrogen and oxygen atoms in total. The van der Waals surface area contributed by atoms with Crippen molar-refractivity contribution < 1.29 is 4.57 Å². The highest BCUT2D eigenvalue weighted by Crippen LogP contribution is 2.55. The molecule has 2 heteroatoms. The van der Waals surface area contributed by atoms with E-state index in [0.29, 0.717) is 0 Å². The largest absolute Gasteiger partial charge is 0.313 e. The van der Waals surface area contributed by atoms with Crippen LogP contribution in [-0.4, -0.2) is 5.16 Å². The molecule has 0 aliphatic carbocycles. The molecule has 2 rings (SSSR count). The molecule has 2 aromatic carbocycles. The average Bonchev–Trinajstić information content (AvgIpc) is 2.38. The smallest absolute Gasteiger partial charge is 0.148 e. The Kier molecular flexibility index (Phi) is 3.45. The highest BCUT2D eigenvalue weighted by molar-refractivity contribution is 7.80. The van der Waals surface area contributed by atoms with E-state index in [0.717, 1.165) is 10.6 Å². The fourth-order valence-electron chi connectivity index (χ4n) is 2.20. The van der Waals surface area contributed by atoms with E-state index < -0.39 is 7.14 Å². The van der Waals surface area contributed by atoms with Gasteiger partial charge in [0.2, 0.25) is 0 Å². The molecule has 0 N–H and O–H groups in total. The van der Waals surface area contributed by atoms with Crippen molar-refractivity contribution in [2.24, 2.45) is 0 Å². The summed E-state index contributed by atoms with van der Waals surface area (Å²) in [4.78, 5) is 0. The molecule has 0 heterocycles. The number of hydrogen-bond acceptors (Lipinski definition) is 1. The summed E-state index contributed by atoms with van der Waals surface area (Å²) in [5.74, 6) is 0. The molecule has 0 spiro atoms. The summed E-state index contributed by atoms with van der Waals surface area (Å²) < 4.78 is 13.6. The van der Waals surface area contributed by atoms with E-state index >= 15 is 0 Å². The lowest BCUT2D eigenvalue weighted by molar-refractivity contribution is 0.564. The van der Waals surface area contributed by atoms with Crippen LogP contribution in [0.1, 0.15) is 20.8 Å². The van der Waals surface area contributed by atoms with E-state index in [9.17, 15) is 4.57 Å². The van der Waals surface area contributed by atoms with Gasteiger partial charge >= 0.3 is 0 Å². The molecule has 0 atom stereocenters. The SMILES string of the molecule is CC(C)(C)P(=O)(c1ccccc1)c1ccccc1. The molecule has 0 radical (unpaired) electrons. The van der Waals surface area contributed by atoms with Crippen LogP contribution in [0.15, 0.2) is 60.7 Å². The first-order valence-electron chi connectivity index (χ1n) is 6.17. The molecular formula is C16H19OP. The van der Waals surface area contributed by atoms with Crippen molar-refractivity contribution in [3.05, 3.63) is 60.7 Å². The summed E-state index contributed by atoms with van der Waals surface area (Å²) >= 11 is 0. The Labute approximate surface area is 109 Å². The van der Waals surface area contributed by atoms with Crippen LogP contribution in [0.25, 0.3) is 0 Å². The molecule has 0 saturated carbocycles. The Morgan fingerprint density at radius 2 is 1.06 bits per heavy atom. The van der Waals surface area contributed by atoms with Gasteiger partial charge in [0.25, 0.3) is 0 Å². The fraction of sp³-hybridized carbons (Fsp3) is 0.250. The van der Waals surface area contributed by atoms with Crippen LogP contribution < -0.4 is 10.6 Å². The molecule has 0 aliphatic heterocycles. The minimum Gasteiger partial charge on any atom is -0.313 e. The van der Waals surface area contributed by atoms with Gasteiger partial charge in [0.1, 0.15) is 7.14 Å². The predicted molar refractivity (Wildman–Crippen MR) is 79.5 cm³/mol. The first-order chi connectivity index (χ1) is 8.46. The van der Waals surface area contributed by atoms with Gasteiger partial charge in [-0.1, -0.05) is 81.4 Å². The lowest BCUT2D eigenvalue weighted by Gasteiger charge is -2.32. The zero-order valence-electron chi connectivity index (χ0n) is 11.1. The fourth-order valence-corrected chi connectivity index (χ4v) is 5.23. The number of hydrogen-bond donors (Lipinski definition) is 0. The monoisotopic (exact) mass is 258 g/mol. The van der Waals surface area contributed by atoms with Crippen LogP contribution >= 0.6 is 7.14 Å². The van der Waals surface area contributed by atoms with Crippen LogP contribution in [0, 0.1) is 0 Å². The van der Waals surface area contributed by atoms with Crippen molar-refractivity contribution in [3.8, 4) is 0 Å². The Bertz CT molecular complexity index is 509. The summed E-state index contributed by atoms with van der Waals surface area (Å²) in [6, 6.07) is 19.6. The average molecular weight is 258 g/mol. The third kappa shape index (κ3) is 2.15. The minimum absolute atomic E-state index is 0.282. The van der Waals surface area contributed by atoms with E-state index in [2.05, 4.69) is 0 Å². The van der Waals surface area contributed by atoms with Gasteiger partial charge in [-0.25, -0.2) is 0 Å². The highest BCUT2D eigenvalue weighted by Gasteiger charge is 2.39. The van der Waals surface area contributed by atoms with E-state index in [-0.39, 0.29) is 5.16 Å². The Hall–Kier alpha value is -1.33. The van der Waals surface area contributed by atoms with Gasteiger partial charge < -0.3 is 4.57 Å². The van der Waals surface area contributed by atoms with E-state index in [1.165, 1.54) is 0 Å². The summed E-state index contributed by atoms with van der Waals surface area (Å²) in [6.07, 6.45) is 0. The summed E-state index contributed by atoms with van der Waals surface area (Å²) in [5, 5.41) is 1.59. The molecule has 94 valence electrons. The molecule has 18 heavy (non-hydrogen) atoms. The third-order valence-electron chi connectivity index (χ3n) is 3.18. The van der Waals surface area contributed by atoms with Gasteiger partial charge in [-0.05, 0) is 0 Å². The van der Waals surface area contributed by atoms with Crippen LogP contribution in [0.4, 0.5) is 0 Å². The molecule has 2 aromatic rings. The molecule has 0 bridgehead atoms. The van der Waals surface area contributed by atoms with Crippen LogP contribution in [0.5, 0.6) is 0 Å². The molecule has 0 unspecified atom stereocenters. The Balaban J connectivity index is 2.68. The molecule has 0 aromatic heterocycles. The van der Waals surface area contributed by atoms with Crippen LogP contribution in [0.3, 0.4) is 0 Å². The first kappa shape index (κ1) is 13.1. The topological polar surface area (TPSA) is 17.1 Å². The normalized spacial score (nSPS) is 12.4. The van der Waals surface area contributed by atoms with E-state index in [1.54, 1.807) is 0 Å². The van der Waals surface area contributed by atoms with Gasteiger partial charge in [-0.2, -0.15) is 0 Å². The van der Waals surface area contributed by atoms with Gasteiger partial charge in [0.15, 0.2) is 0 Å². The third-order valence-corrected chi connectivity index (χ3v) is 7.12. The van der Waals surface area contributed by atoms with Crippen molar-refractivity contribution in [2.45, 2.75) is 25.9 Å². The minimum atomic E-state index is -2.61. The van der Waals surface area contributed by atoms with E-state index in [1.807, 2.05) is 81.4 Å². The zero-order chi connectivity index (χ0) is 13.2. The van der Waals surface area contributed by atoms with Gasteiger partial charge in [0.05, 0.1) is 0 Å². The Morgan fingerprint density at radius 3 is 1.33 bits per heavy atom. The summed E-state index contributed by atoms with van der Waals surface area (Å²) in [6.45, 7) is 6.15. The summed E-state index contributed by atoms with van der Waals surface area (Å²) in [5.41, 5.74) is 0. The maximum Gasteiger partial charge on any atom is 0.148 e. The van der Waals surface area contributed by atoms with E-state index in [4.69, 9.17) is 0 Å². The van der Waals surface area contributed by atoms with Gasteiger partial charge in [0, 0.05) is 15.8 Å². The van der Waals surface area contributed by atoms with Crippen LogP contribution in [-0.2, 0) is 4.57 Å². The quantitative estimate of drug-likeness (QED) is 0.749. The second-order valence-electron chi connectivity index (χ2n) is 5.45. The standard InChI is InChI=1S/C16H19OP/c1-16(2,3)18(17,14-10-6-4-7-11-14)15-12-8-5-9-13-15/h4-13H,1-3H3. The van der Waals surface area contributed by atoms with Gasteiger partial charge in [-0.3, -0.25) is 0 Å². The first-order valence-corrected chi connectivity index (χ1v) is 7.88. The maximum absolute atomic E-state index is 13.6. The predicted octanol–water partition coefficient (Wildman–Crippen LogP) is 3.80. The van der Waals surface area contributed by atoms with Crippen molar-refractivity contribution in [3.63, 3.8) is 0 Å². The highest BCUT2D eigenvalue weighted by atomic mass is 31.2. The molecule has 0 fully saturated rings. The van der Waals surface area contributed by atoms with Crippen molar-refractivity contribution in [1.82, 2.24) is 0 Å². The van der Waals surface area contributed by atoms with Crippen molar-refractivity contribution >= 4 is 17.8 Å². The number of rotatable bonds is 2. The van der Waals surface area contributed by atoms with Gasteiger partial charge in [-0.15, -0.1) is 0 Å². The maximum atomic E-state index is 13.6. The lowest BCUT2D eigenvalue weighted by Crippen LogP contribution is -2.30. The Morgan fingerprint density at radius 1 is 0.722 bits per heavy atom. The molecular weight excluding hydrogens is 239 g/mol. The molecule has 0 saturated heterocycles. The second kappa shape index (κ2) is 4.74. The number of benzene rings is 2. The second-order valence-corrected chi connectivity index (χ2v) is 9.04.